The van der Waals surface area contributed by atoms with Gasteiger partial charge in [0, 0.05) is 34.5 Å². The van der Waals surface area contributed by atoms with Crippen LogP contribution in [0.3, 0.4) is 0 Å². The Hall–Kier alpha value is -1.56. The molecule has 2 heterocycles. The molecule has 3 rings (SSSR count). The third-order valence-corrected chi connectivity index (χ3v) is 5.23. The predicted molar refractivity (Wildman–Crippen MR) is 89.9 cm³/mol. The zero-order chi connectivity index (χ0) is 14.7. The van der Waals surface area contributed by atoms with E-state index < -0.39 is 0 Å². The second-order valence-electron chi connectivity index (χ2n) is 4.82. The smallest absolute Gasteiger partial charge is 0.0951 e. The Morgan fingerprint density at radius 1 is 1.24 bits per heavy atom. The third-order valence-electron chi connectivity index (χ3n) is 3.33. The molecule has 3 aromatic rings. The molecule has 0 aliphatic rings. The van der Waals surface area contributed by atoms with Crippen LogP contribution in [0.4, 0.5) is 0 Å². The second kappa shape index (κ2) is 6.47. The molecule has 0 fully saturated rings. The van der Waals surface area contributed by atoms with E-state index in [4.69, 9.17) is 4.98 Å². The highest BCUT2D eigenvalue weighted by Gasteiger charge is 2.15. The molecule has 5 heteroatoms. The standard InChI is InChI=1S/C16H17N3S2/c1-11-18-9-15(21-11)13(17-2)8-16-19-14(10-20-16)12-6-4-3-5-7-12/h3-7,9-10,13,17H,8H2,1-2H3. The van der Waals surface area contributed by atoms with Crippen LogP contribution >= 0.6 is 22.7 Å². The first-order valence-electron chi connectivity index (χ1n) is 6.85. The molecule has 1 atom stereocenters. The third kappa shape index (κ3) is 3.37. The van der Waals surface area contributed by atoms with Crippen molar-refractivity contribution in [1.29, 1.82) is 0 Å². The number of hydrogen-bond donors (Lipinski definition) is 1. The van der Waals surface area contributed by atoms with Gasteiger partial charge in [0.1, 0.15) is 0 Å². The Morgan fingerprint density at radius 3 is 2.71 bits per heavy atom. The predicted octanol–water partition coefficient (Wildman–Crippen LogP) is 4.08. The summed E-state index contributed by atoms with van der Waals surface area (Å²) in [4.78, 5) is 10.4. The number of aromatic nitrogens is 2. The van der Waals surface area contributed by atoms with Gasteiger partial charge in [0.05, 0.1) is 15.7 Å². The van der Waals surface area contributed by atoms with Gasteiger partial charge in [-0.2, -0.15) is 0 Å². The number of nitrogens with one attached hydrogen (secondary N) is 1. The Bertz CT molecular complexity index is 703. The van der Waals surface area contributed by atoms with Crippen LogP contribution in [0.25, 0.3) is 11.3 Å². The van der Waals surface area contributed by atoms with Crippen molar-refractivity contribution in [2.45, 2.75) is 19.4 Å². The van der Waals surface area contributed by atoms with Crippen LogP contribution < -0.4 is 5.32 Å². The summed E-state index contributed by atoms with van der Waals surface area (Å²) >= 11 is 3.47. The Balaban J connectivity index is 1.77. The van der Waals surface area contributed by atoms with Gasteiger partial charge in [0.15, 0.2) is 0 Å². The highest BCUT2D eigenvalue weighted by Crippen LogP contribution is 2.27. The highest BCUT2D eigenvalue weighted by molar-refractivity contribution is 7.11. The number of hydrogen-bond acceptors (Lipinski definition) is 5. The molecular formula is C16H17N3S2. The van der Waals surface area contributed by atoms with Crippen molar-refractivity contribution < 1.29 is 0 Å². The van der Waals surface area contributed by atoms with Crippen LogP contribution in [0, 0.1) is 6.92 Å². The minimum atomic E-state index is 0.283. The fourth-order valence-electron chi connectivity index (χ4n) is 2.20. The average molecular weight is 315 g/mol. The van der Waals surface area contributed by atoms with Crippen molar-refractivity contribution >= 4 is 22.7 Å². The van der Waals surface area contributed by atoms with E-state index in [1.54, 1.807) is 22.7 Å². The zero-order valence-electron chi connectivity index (χ0n) is 12.0. The summed E-state index contributed by atoms with van der Waals surface area (Å²) in [5.74, 6) is 0. The van der Waals surface area contributed by atoms with Crippen LogP contribution in [0.15, 0.2) is 41.9 Å². The summed E-state index contributed by atoms with van der Waals surface area (Å²) in [6.45, 7) is 2.04. The summed E-state index contributed by atoms with van der Waals surface area (Å²) in [5.41, 5.74) is 2.24. The molecule has 0 aliphatic heterocycles. The van der Waals surface area contributed by atoms with Gasteiger partial charge in [-0.25, -0.2) is 9.97 Å². The lowest BCUT2D eigenvalue weighted by atomic mass is 10.2. The molecular weight excluding hydrogens is 298 g/mol. The Labute approximate surface area is 132 Å². The van der Waals surface area contributed by atoms with Gasteiger partial charge < -0.3 is 5.32 Å². The molecule has 0 saturated heterocycles. The largest absolute Gasteiger partial charge is 0.312 e. The van der Waals surface area contributed by atoms with Gasteiger partial charge in [0.2, 0.25) is 0 Å². The van der Waals surface area contributed by atoms with Crippen LogP contribution in [-0.4, -0.2) is 17.0 Å². The number of thiazole rings is 2. The molecule has 0 aliphatic carbocycles. The molecule has 0 amide bonds. The monoisotopic (exact) mass is 315 g/mol. The molecule has 3 nitrogen and oxygen atoms in total. The summed E-state index contributed by atoms with van der Waals surface area (Å²) in [5, 5.41) is 7.76. The molecule has 0 spiro atoms. The topological polar surface area (TPSA) is 37.8 Å². The van der Waals surface area contributed by atoms with E-state index in [9.17, 15) is 0 Å². The highest BCUT2D eigenvalue weighted by atomic mass is 32.1. The average Bonchev–Trinajstić information content (AvgIpc) is 3.15. The van der Waals surface area contributed by atoms with E-state index in [2.05, 4.69) is 27.8 Å². The van der Waals surface area contributed by atoms with Crippen molar-refractivity contribution in [3.63, 3.8) is 0 Å². The second-order valence-corrected chi connectivity index (χ2v) is 7.03. The van der Waals surface area contributed by atoms with E-state index in [1.807, 2.05) is 38.4 Å². The van der Waals surface area contributed by atoms with E-state index in [0.717, 1.165) is 22.1 Å². The van der Waals surface area contributed by atoms with Gasteiger partial charge >= 0.3 is 0 Å². The van der Waals surface area contributed by atoms with Gasteiger partial charge in [-0.1, -0.05) is 30.3 Å². The lowest BCUT2D eigenvalue weighted by molar-refractivity contribution is 0.599. The number of nitrogens with zero attached hydrogens (tertiary/aromatic N) is 2. The first-order valence-corrected chi connectivity index (χ1v) is 8.55. The van der Waals surface area contributed by atoms with Crippen molar-refractivity contribution in [3.05, 3.63) is 56.8 Å². The molecule has 0 radical (unpaired) electrons. The van der Waals surface area contributed by atoms with E-state index >= 15 is 0 Å². The molecule has 108 valence electrons. The number of likely N-dealkylation sites (N-methyl/N-ethyl adjacent to an activating group) is 1. The summed E-state index contributed by atoms with van der Waals surface area (Å²) in [6.07, 6.45) is 2.86. The summed E-state index contributed by atoms with van der Waals surface area (Å²) in [6, 6.07) is 10.6. The molecule has 21 heavy (non-hydrogen) atoms. The molecule has 1 aromatic carbocycles. The molecule has 0 saturated carbocycles. The maximum atomic E-state index is 4.76. The van der Waals surface area contributed by atoms with Crippen LogP contribution in [0.5, 0.6) is 0 Å². The summed E-state index contributed by atoms with van der Waals surface area (Å²) in [7, 11) is 1.99. The quantitative estimate of drug-likeness (QED) is 0.771. The first kappa shape index (κ1) is 14.4. The maximum Gasteiger partial charge on any atom is 0.0951 e. The Kier molecular flexibility index (Phi) is 4.43. The fraction of sp³-hybridized carbons (Fsp3) is 0.250. The number of rotatable bonds is 5. The fourth-order valence-corrected chi connectivity index (χ4v) is 3.95. The van der Waals surface area contributed by atoms with Gasteiger partial charge in [-0.3, -0.25) is 0 Å². The van der Waals surface area contributed by atoms with Crippen molar-refractivity contribution in [1.82, 2.24) is 15.3 Å². The van der Waals surface area contributed by atoms with Crippen molar-refractivity contribution in [2.24, 2.45) is 0 Å². The number of benzene rings is 1. The van der Waals surface area contributed by atoms with Crippen molar-refractivity contribution in [2.75, 3.05) is 7.05 Å². The first-order chi connectivity index (χ1) is 10.3. The molecule has 1 unspecified atom stereocenters. The van der Waals surface area contributed by atoms with E-state index in [1.165, 1.54) is 10.4 Å². The van der Waals surface area contributed by atoms with Crippen molar-refractivity contribution in [3.8, 4) is 11.3 Å². The molecule has 1 N–H and O–H groups in total. The Morgan fingerprint density at radius 2 is 2.05 bits per heavy atom. The van der Waals surface area contributed by atoms with E-state index in [-0.39, 0.29) is 6.04 Å². The number of aryl methyl sites for hydroxylation is 1. The molecule has 2 aromatic heterocycles. The van der Waals surface area contributed by atoms with E-state index in [0.29, 0.717) is 0 Å². The van der Waals surface area contributed by atoms with Gasteiger partial charge in [-0.15, -0.1) is 22.7 Å². The maximum absolute atomic E-state index is 4.76. The van der Waals surface area contributed by atoms with Crippen LogP contribution in [-0.2, 0) is 6.42 Å². The van der Waals surface area contributed by atoms with Gasteiger partial charge in [0.25, 0.3) is 0 Å². The molecule has 0 bridgehead atoms. The minimum absolute atomic E-state index is 0.283. The SMILES string of the molecule is CNC(Cc1nc(-c2ccccc2)cs1)c1cnc(C)s1. The summed E-state index contributed by atoms with van der Waals surface area (Å²) < 4.78 is 0. The normalized spacial score (nSPS) is 12.5. The minimum Gasteiger partial charge on any atom is -0.312 e. The van der Waals surface area contributed by atoms with Crippen LogP contribution in [0.2, 0.25) is 0 Å². The zero-order valence-corrected chi connectivity index (χ0v) is 13.7. The lowest BCUT2D eigenvalue weighted by Crippen LogP contribution is -2.17. The lowest BCUT2D eigenvalue weighted by Gasteiger charge is -2.11. The van der Waals surface area contributed by atoms with Gasteiger partial charge in [-0.05, 0) is 14.0 Å². The van der Waals surface area contributed by atoms with Crippen LogP contribution in [0.1, 0.15) is 20.9 Å².